The van der Waals surface area contributed by atoms with Gasteiger partial charge in [-0.05, 0) is 25.0 Å². The Morgan fingerprint density at radius 3 is 2.76 bits per heavy atom. The van der Waals surface area contributed by atoms with Gasteiger partial charge in [0.25, 0.3) is 0 Å². The first-order valence-electron chi connectivity index (χ1n) is 6.88. The lowest BCUT2D eigenvalue weighted by molar-refractivity contribution is 0.0320. The molecule has 0 amide bonds. The molecule has 0 saturated heterocycles. The largest absolute Gasteiger partial charge is 0.382 e. The Hall–Kier alpha value is -0.510. The monoisotopic (exact) mass is 334 g/mol. The molecule has 21 heavy (non-hydrogen) atoms. The highest BCUT2D eigenvalue weighted by Crippen LogP contribution is 2.24. The Morgan fingerprint density at radius 2 is 2.14 bits per heavy atom. The number of nitrogens with one attached hydrogen (secondary N) is 2. The van der Waals surface area contributed by atoms with Gasteiger partial charge in [-0.1, -0.05) is 0 Å². The third-order valence-electron chi connectivity index (χ3n) is 3.23. The Bertz CT molecular complexity index is 540. The SMILES string of the molecule is COCC(CNS(=O)(=O)c1ccc(CNC2CC2)s1)OC. The van der Waals surface area contributed by atoms with Gasteiger partial charge in [-0.15, -0.1) is 11.3 Å². The van der Waals surface area contributed by atoms with Gasteiger partial charge in [-0.2, -0.15) is 0 Å². The summed E-state index contributed by atoms with van der Waals surface area (Å²) in [4.78, 5) is 1.03. The van der Waals surface area contributed by atoms with E-state index in [1.807, 2.05) is 6.07 Å². The Balaban J connectivity index is 1.88. The number of thiophene rings is 1. The van der Waals surface area contributed by atoms with Crippen LogP contribution in [0.5, 0.6) is 0 Å². The predicted octanol–water partition coefficient (Wildman–Crippen LogP) is 0.940. The predicted molar refractivity (Wildman–Crippen MR) is 82.0 cm³/mol. The van der Waals surface area contributed by atoms with Crippen molar-refractivity contribution in [3.05, 3.63) is 17.0 Å². The summed E-state index contributed by atoms with van der Waals surface area (Å²) in [6.07, 6.45) is 2.15. The highest BCUT2D eigenvalue weighted by Gasteiger charge is 2.22. The fourth-order valence-electron chi connectivity index (χ4n) is 1.80. The molecule has 1 aromatic rings. The van der Waals surface area contributed by atoms with Crippen LogP contribution in [-0.2, 0) is 26.0 Å². The fraction of sp³-hybridized carbons (Fsp3) is 0.692. The zero-order chi connectivity index (χ0) is 15.3. The van der Waals surface area contributed by atoms with E-state index in [4.69, 9.17) is 9.47 Å². The van der Waals surface area contributed by atoms with Crippen LogP contribution in [0.1, 0.15) is 17.7 Å². The molecule has 1 atom stereocenters. The molecule has 0 aromatic carbocycles. The molecule has 1 fully saturated rings. The van der Waals surface area contributed by atoms with Gasteiger partial charge in [0.05, 0.1) is 12.7 Å². The van der Waals surface area contributed by atoms with E-state index in [2.05, 4.69) is 10.0 Å². The number of hydrogen-bond acceptors (Lipinski definition) is 6. The molecule has 0 radical (unpaired) electrons. The molecule has 0 aliphatic heterocycles. The van der Waals surface area contributed by atoms with Crippen LogP contribution in [0.15, 0.2) is 16.3 Å². The maximum atomic E-state index is 12.2. The van der Waals surface area contributed by atoms with Crippen molar-refractivity contribution in [2.75, 3.05) is 27.4 Å². The van der Waals surface area contributed by atoms with Crippen LogP contribution >= 0.6 is 11.3 Å². The zero-order valence-corrected chi connectivity index (χ0v) is 13.9. The minimum atomic E-state index is -3.48. The van der Waals surface area contributed by atoms with Crippen LogP contribution in [0.2, 0.25) is 0 Å². The molecule has 1 saturated carbocycles. The van der Waals surface area contributed by atoms with Crippen molar-refractivity contribution in [1.82, 2.24) is 10.0 Å². The van der Waals surface area contributed by atoms with E-state index in [0.717, 1.165) is 11.4 Å². The highest BCUT2D eigenvalue weighted by molar-refractivity contribution is 7.91. The van der Waals surface area contributed by atoms with Gasteiger partial charge in [0, 0.05) is 38.2 Å². The van der Waals surface area contributed by atoms with Crippen LogP contribution in [0.3, 0.4) is 0 Å². The summed E-state index contributed by atoms with van der Waals surface area (Å²) in [6, 6.07) is 4.12. The summed E-state index contributed by atoms with van der Waals surface area (Å²) in [5, 5.41) is 3.37. The third kappa shape index (κ3) is 5.32. The third-order valence-corrected chi connectivity index (χ3v) is 6.23. The van der Waals surface area contributed by atoms with E-state index in [-0.39, 0.29) is 12.6 Å². The summed E-state index contributed by atoms with van der Waals surface area (Å²) in [6.45, 7) is 1.27. The highest BCUT2D eigenvalue weighted by atomic mass is 32.2. The van der Waals surface area contributed by atoms with Gasteiger partial charge < -0.3 is 14.8 Å². The second-order valence-electron chi connectivity index (χ2n) is 5.04. The van der Waals surface area contributed by atoms with Crippen molar-refractivity contribution in [2.45, 2.75) is 35.7 Å². The van der Waals surface area contributed by atoms with Crippen LogP contribution in [0.25, 0.3) is 0 Å². The van der Waals surface area contributed by atoms with Crippen molar-refractivity contribution in [2.24, 2.45) is 0 Å². The normalized spacial score (nSPS) is 17.0. The summed E-state index contributed by atoms with van der Waals surface area (Å²) < 4.78 is 37.4. The fourth-order valence-corrected chi connectivity index (χ4v) is 4.22. The van der Waals surface area contributed by atoms with Gasteiger partial charge in [0.15, 0.2) is 0 Å². The number of hydrogen-bond donors (Lipinski definition) is 2. The van der Waals surface area contributed by atoms with E-state index >= 15 is 0 Å². The average molecular weight is 334 g/mol. The van der Waals surface area contributed by atoms with Crippen LogP contribution in [0.4, 0.5) is 0 Å². The number of sulfonamides is 1. The number of ether oxygens (including phenoxy) is 2. The molecule has 120 valence electrons. The van der Waals surface area contributed by atoms with Crippen molar-refractivity contribution >= 4 is 21.4 Å². The molecule has 1 aliphatic rings. The average Bonchev–Trinajstić information content (AvgIpc) is 3.17. The smallest absolute Gasteiger partial charge is 0.250 e. The first-order chi connectivity index (χ1) is 10.0. The molecule has 8 heteroatoms. The van der Waals surface area contributed by atoms with Gasteiger partial charge in [0.2, 0.25) is 10.0 Å². The van der Waals surface area contributed by atoms with E-state index in [1.54, 1.807) is 13.2 Å². The lowest BCUT2D eigenvalue weighted by Gasteiger charge is -2.14. The Kier molecular flexibility index (Phi) is 6.15. The zero-order valence-electron chi connectivity index (χ0n) is 12.3. The van der Waals surface area contributed by atoms with Crippen molar-refractivity contribution in [3.8, 4) is 0 Å². The minimum absolute atomic E-state index is 0.195. The number of methoxy groups -OCH3 is 2. The molecule has 2 rings (SSSR count). The molecular weight excluding hydrogens is 312 g/mol. The molecule has 1 unspecified atom stereocenters. The second-order valence-corrected chi connectivity index (χ2v) is 8.20. The van der Waals surface area contributed by atoms with Gasteiger partial charge in [-0.3, -0.25) is 0 Å². The maximum absolute atomic E-state index is 12.2. The van der Waals surface area contributed by atoms with E-state index in [1.165, 1.54) is 31.3 Å². The Labute approximate surface area is 129 Å². The molecular formula is C13H22N2O4S2. The first kappa shape index (κ1) is 16.9. The van der Waals surface area contributed by atoms with Crippen molar-refractivity contribution in [1.29, 1.82) is 0 Å². The quantitative estimate of drug-likeness (QED) is 0.666. The summed E-state index contributed by atoms with van der Waals surface area (Å²) in [7, 11) is -0.394. The summed E-state index contributed by atoms with van der Waals surface area (Å²) in [5.41, 5.74) is 0. The lowest BCUT2D eigenvalue weighted by Crippen LogP contribution is -2.35. The Morgan fingerprint density at radius 1 is 1.38 bits per heavy atom. The van der Waals surface area contributed by atoms with Crippen molar-refractivity contribution in [3.63, 3.8) is 0 Å². The topological polar surface area (TPSA) is 76.7 Å². The molecule has 6 nitrogen and oxygen atoms in total. The van der Waals surface area contributed by atoms with Crippen LogP contribution in [-0.4, -0.2) is 47.9 Å². The molecule has 1 aliphatic carbocycles. The standard InChI is InChI=1S/C13H22N2O4S2/c1-18-9-11(19-2)7-15-21(16,17)13-6-5-12(20-13)8-14-10-3-4-10/h5-6,10-11,14-15H,3-4,7-9H2,1-2H3. The summed E-state index contributed by atoms with van der Waals surface area (Å²) >= 11 is 1.30. The van der Waals surface area contributed by atoms with E-state index in [9.17, 15) is 8.42 Å². The molecule has 1 heterocycles. The van der Waals surface area contributed by atoms with Gasteiger partial charge in [-0.25, -0.2) is 13.1 Å². The second kappa shape index (κ2) is 7.66. The van der Waals surface area contributed by atoms with Gasteiger partial charge >= 0.3 is 0 Å². The summed E-state index contributed by atoms with van der Waals surface area (Å²) in [5.74, 6) is 0. The van der Waals surface area contributed by atoms with E-state index in [0.29, 0.717) is 16.9 Å². The number of rotatable bonds is 10. The van der Waals surface area contributed by atoms with Gasteiger partial charge in [0.1, 0.15) is 4.21 Å². The van der Waals surface area contributed by atoms with Crippen LogP contribution < -0.4 is 10.0 Å². The molecule has 0 bridgehead atoms. The lowest BCUT2D eigenvalue weighted by atomic mass is 10.4. The molecule has 2 N–H and O–H groups in total. The van der Waals surface area contributed by atoms with E-state index < -0.39 is 10.0 Å². The first-order valence-corrected chi connectivity index (χ1v) is 9.18. The maximum Gasteiger partial charge on any atom is 0.250 e. The van der Waals surface area contributed by atoms with Crippen LogP contribution in [0, 0.1) is 0 Å². The molecule has 1 aromatic heterocycles. The molecule has 0 spiro atoms. The minimum Gasteiger partial charge on any atom is -0.382 e. The van der Waals surface area contributed by atoms with Crippen molar-refractivity contribution < 1.29 is 17.9 Å².